The minimum atomic E-state index is -0.307. The van der Waals surface area contributed by atoms with Crippen LogP contribution in [0.2, 0.25) is 0 Å². The molecule has 8 heteroatoms. The summed E-state index contributed by atoms with van der Waals surface area (Å²) in [4.78, 5) is 33.0. The van der Waals surface area contributed by atoms with Crippen molar-refractivity contribution in [2.75, 3.05) is 25.4 Å². The first-order chi connectivity index (χ1) is 19.6. The molecule has 5 rings (SSSR count). The summed E-state index contributed by atoms with van der Waals surface area (Å²) in [5, 5.41) is 8.51. The van der Waals surface area contributed by atoms with E-state index < -0.39 is 0 Å². The van der Waals surface area contributed by atoms with Gasteiger partial charge in [-0.2, -0.15) is 0 Å². The molecule has 0 spiro atoms. The molecule has 1 aromatic heterocycles. The summed E-state index contributed by atoms with van der Waals surface area (Å²) in [6, 6.07) is 7.97. The number of pyridine rings is 1. The molecule has 2 amide bonds. The molecule has 1 aliphatic heterocycles. The first kappa shape index (κ1) is 28.7. The maximum atomic E-state index is 14.0. The van der Waals surface area contributed by atoms with E-state index in [1.54, 1.807) is 6.20 Å². The van der Waals surface area contributed by atoms with Gasteiger partial charge in [-0.3, -0.25) is 14.9 Å². The van der Waals surface area contributed by atoms with Gasteiger partial charge in [0, 0.05) is 36.6 Å². The number of fused-ring (bicyclic) bond motifs is 1. The Morgan fingerprint density at radius 2 is 1.77 bits per heavy atom. The van der Waals surface area contributed by atoms with E-state index in [0.717, 1.165) is 68.0 Å². The Labute approximate surface area is 238 Å². The largest absolute Gasteiger partial charge is 0.493 e. The van der Waals surface area contributed by atoms with Gasteiger partial charge in [-0.1, -0.05) is 44.9 Å². The number of aromatic nitrogens is 1. The highest BCUT2D eigenvalue weighted by Gasteiger charge is 2.33. The molecular weight excluding hydrogens is 502 g/mol. The third-order valence-electron chi connectivity index (χ3n) is 9.22. The number of ether oxygens (including phenoxy) is 1. The highest BCUT2D eigenvalue weighted by atomic mass is 16.5. The summed E-state index contributed by atoms with van der Waals surface area (Å²) in [5.74, 6) is 2.06. The molecule has 3 fully saturated rings. The predicted octanol–water partition coefficient (Wildman–Crippen LogP) is 4.95. The molecule has 2 aliphatic carbocycles. The van der Waals surface area contributed by atoms with Crippen molar-refractivity contribution in [1.29, 1.82) is 0 Å². The Kier molecular flexibility index (Phi) is 10.1. The Balaban J connectivity index is 1.19. The SMILES string of the molecule is Nc1nccc2cc(OCCC3CCCCN3C(=O)[C@@H](CC3CCCCC3)NCC(=O)NC3CCCC3)ccc12. The van der Waals surface area contributed by atoms with Crippen molar-refractivity contribution in [3.63, 3.8) is 0 Å². The van der Waals surface area contributed by atoms with Crippen LogP contribution < -0.4 is 21.1 Å². The second-order valence-corrected chi connectivity index (χ2v) is 12.1. The molecule has 8 nitrogen and oxygen atoms in total. The number of hydrogen-bond donors (Lipinski definition) is 3. The van der Waals surface area contributed by atoms with E-state index in [-0.39, 0.29) is 30.4 Å². The van der Waals surface area contributed by atoms with Crippen LogP contribution >= 0.6 is 0 Å². The van der Waals surface area contributed by atoms with Crippen molar-refractivity contribution < 1.29 is 14.3 Å². The lowest BCUT2D eigenvalue weighted by Crippen LogP contribution is -2.54. The summed E-state index contributed by atoms with van der Waals surface area (Å²) in [6.07, 6.45) is 17.1. The number of nitrogens with one attached hydrogen (secondary N) is 2. The van der Waals surface area contributed by atoms with Crippen LogP contribution in [0.3, 0.4) is 0 Å². The highest BCUT2D eigenvalue weighted by Crippen LogP contribution is 2.30. The Bertz CT molecular complexity index is 1130. The van der Waals surface area contributed by atoms with Crippen LogP contribution in [-0.2, 0) is 9.59 Å². The van der Waals surface area contributed by atoms with Crippen LogP contribution in [0.4, 0.5) is 5.82 Å². The zero-order valence-corrected chi connectivity index (χ0v) is 23.9. The Morgan fingerprint density at radius 1 is 1.00 bits per heavy atom. The Hall–Kier alpha value is -2.87. The number of rotatable bonds is 11. The maximum Gasteiger partial charge on any atom is 0.239 e. The minimum absolute atomic E-state index is 0.0184. The molecule has 1 saturated heterocycles. The van der Waals surface area contributed by atoms with Crippen molar-refractivity contribution >= 4 is 28.4 Å². The van der Waals surface area contributed by atoms with Crippen molar-refractivity contribution in [3.05, 3.63) is 30.5 Å². The van der Waals surface area contributed by atoms with E-state index in [2.05, 4.69) is 20.5 Å². The number of amides is 2. The normalized spacial score (nSPS) is 21.4. The number of carbonyl (C=O) groups is 2. The summed E-state index contributed by atoms with van der Waals surface area (Å²) in [7, 11) is 0. The predicted molar refractivity (Wildman–Crippen MR) is 159 cm³/mol. The van der Waals surface area contributed by atoms with Gasteiger partial charge in [-0.15, -0.1) is 0 Å². The van der Waals surface area contributed by atoms with Gasteiger partial charge < -0.3 is 20.7 Å². The molecule has 2 aromatic rings. The van der Waals surface area contributed by atoms with Crippen LogP contribution in [0, 0.1) is 5.92 Å². The molecular formula is C32H47N5O3. The summed E-state index contributed by atoms with van der Waals surface area (Å²) in [6.45, 7) is 1.54. The minimum Gasteiger partial charge on any atom is -0.493 e. The maximum absolute atomic E-state index is 14.0. The standard InChI is InChI=1S/C32H47N5O3/c33-31-28-14-13-27(21-24(28)15-17-34-31)40-19-16-26-12-6-7-18-37(26)32(39)29(20-23-8-2-1-3-9-23)35-22-30(38)36-25-10-4-5-11-25/h13-15,17,21,23,25-26,29,35H,1-12,16,18-20,22H2,(H2,33,34)(H,36,38)/t26?,29-/m1/s1. The molecule has 1 aromatic carbocycles. The summed E-state index contributed by atoms with van der Waals surface area (Å²) in [5.41, 5.74) is 5.99. The van der Waals surface area contributed by atoms with Gasteiger partial charge in [-0.25, -0.2) is 4.98 Å². The Morgan fingerprint density at radius 3 is 2.60 bits per heavy atom. The third-order valence-corrected chi connectivity index (χ3v) is 9.22. The molecule has 4 N–H and O–H groups in total. The number of hydrogen-bond acceptors (Lipinski definition) is 6. The molecule has 1 unspecified atom stereocenters. The molecule has 218 valence electrons. The monoisotopic (exact) mass is 549 g/mol. The molecule has 0 bridgehead atoms. The number of anilines is 1. The van der Waals surface area contributed by atoms with Gasteiger partial charge in [0.1, 0.15) is 11.6 Å². The number of nitrogen functional groups attached to an aromatic ring is 1. The lowest BCUT2D eigenvalue weighted by molar-refractivity contribution is -0.138. The van der Waals surface area contributed by atoms with Crippen molar-refractivity contribution in [2.45, 2.75) is 108 Å². The molecule has 2 atom stereocenters. The van der Waals surface area contributed by atoms with Crippen molar-refractivity contribution in [1.82, 2.24) is 20.5 Å². The smallest absolute Gasteiger partial charge is 0.239 e. The first-order valence-corrected chi connectivity index (χ1v) is 15.7. The van der Waals surface area contributed by atoms with E-state index >= 15 is 0 Å². The molecule has 3 aliphatic rings. The van der Waals surface area contributed by atoms with E-state index in [4.69, 9.17) is 10.5 Å². The van der Waals surface area contributed by atoms with Crippen molar-refractivity contribution in [2.24, 2.45) is 5.92 Å². The average Bonchev–Trinajstić information content (AvgIpc) is 3.49. The third kappa shape index (κ3) is 7.65. The summed E-state index contributed by atoms with van der Waals surface area (Å²) >= 11 is 0. The lowest BCUT2D eigenvalue weighted by atomic mass is 9.84. The molecule has 0 radical (unpaired) electrons. The van der Waals surface area contributed by atoms with Gasteiger partial charge in [0.15, 0.2) is 0 Å². The van der Waals surface area contributed by atoms with Gasteiger partial charge >= 0.3 is 0 Å². The topological polar surface area (TPSA) is 110 Å². The molecule has 2 heterocycles. The van der Waals surface area contributed by atoms with Crippen LogP contribution in [0.15, 0.2) is 30.5 Å². The molecule has 2 saturated carbocycles. The number of nitrogens with zero attached hydrogens (tertiary/aromatic N) is 2. The molecule has 40 heavy (non-hydrogen) atoms. The van der Waals surface area contributed by atoms with Gasteiger partial charge in [0.05, 0.1) is 19.2 Å². The van der Waals surface area contributed by atoms with Crippen molar-refractivity contribution in [3.8, 4) is 5.75 Å². The van der Waals surface area contributed by atoms with Crippen LogP contribution in [0.5, 0.6) is 5.75 Å². The fourth-order valence-corrected chi connectivity index (χ4v) is 6.97. The van der Waals surface area contributed by atoms with E-state index in [9.17, 15) is 9.59 Å². The van der Waals surface area contributed by atoms with E-state index in [0.29, 0.717) is 24.4 Å². The quantitative estimate of drug-likeness (QED) is 0.366. The zero-order chi connectivity index (χ0) is 27.7. The number of benzene rings is 1. The fraction of sp³-hybridized carbons (Fsp3) is 0.656. The second-order valence-electron chi connectivity index (χ2n) is 12.1. The average molecular weight is 550 g/mol. The first-order valence-electron chi connectivity index (χ1n) is 15.7. The van der Waals surface area contributed by atoms with Gasteiger partial charge in [0.2, 0.25) is 11.8 Å². The zero-order valence-electron chi connectivity index (χ0n) is 23.9. The lowest BCUT2D eigenvalue weighted by Gasteiger charge is -2.39. The van der Waals surface area contributed by atoms with Crippen LogP contribution in [0.25, 0.3) is 10.8 Å². The fourth-order valence-electron chi connectivity index (χ4n) is 6.97. The number of piperidine rings is 1. The number of nitrogens with two attached hydrogens (primary N) is 1. The van der Waals surface area contributed by atoms with Gasteiger partial charge in [0.25, 0.3) is 0 Å². The van der Waals surface area contributed by atoms with E-state index in [1.165, 1.54) is 44.9 Å². The number of carbonyl (C=O) groups excluding carboxylic acids is 2. The van der Waals surface area contributed by atoms with Crippen LogP contribution in [0.1, 0.15) is 89.9 Å². The van der Waals surface area contributed by atoms with Gasteiger partial charge in [-0.05, 0) is 74.1 Å². The summed E-state index contributed by atoms with van der Waals surface area (Å²) < 4.78 is 6.14. The van der Waals surface area contributed by atoms with E-state index in [1.807, 2.05) is 24.3 Å². The van der Waals surface area contributed by atoms with Crippen LogP contribution in [-0.4, -0.2) is 59.5 Å². The number of likely N-dealkylation sites (tertiary alicyclic amines) is 1. The second kappa shape index (κ2) is 14.2. The highest BCUT2D eigenvalue weighted by molar-refractivity contribution is 5.91.